The summed E-state index contributed by atoms with van der Waals surface area (Å²) in [4.78, 5) is 0. The van der Waals surface area contributed by atoms with Crippen LogP contribution >= 0.6 is 0 Å². The van der Waals surface area contributed by atoms with Crippen LogP contribution in [0.15, 0.2) is 24.3 Å². The Hall–Kier alpha value is -1.07. The molecule has 0 spiro atoms. The smallest absolute Gasteiger partial charge is 0.148 e. The lowest BCUT2D eigenvalue weighted by atomic mass is 10.00. The molecular weight excluding hydrogens is 250 g/mol. The molecule has 0 aromatic heterocycles. The first kappa shape index (κ1) is 13.4. The minimum absolute atomic E-state index is 0.0591. The van der Waals surface area contributed by atoms with Crippen molar-refractivity contribution < 1.29 is 13.2 Å². The van der Waals surface area contributed by atoms with Crippen molar-refractivity contribution in [2.75, 3.05) is 18.6 Å². The van der Waals surface area contributed by atoms with Crippen molar-refractivity contribution in [2.45, 2.75) is 25.4 Å². The highest BCUT2D eigenvalue weighted by Gasteiger charge is 2.23. The van der Waals surface area contributed by atoms with E-state index in [9.17, 15) is 8.42 Å². The maximum Gasteiger partial charge on any atom is 0.148 e. The third kappa shape index (κ3) is 3.46. The first-order chi connectivity index (χ1) is 8.46. The Balaban J connectivity index is 2.07. The molecule has 5 heteroatoms. The maximum atomic E-state index is 11.3. The molecule has 2 rings (SSSR count). The maximum absolute atomic E-state index is 11.3. The Morgan fingerprint density at radius 2 is 2.17 bits per heavy atom. The van der Waals surface area contributed by atoms with Crippen molar-refractivity contribution in [1.82, 2.24) is 5.32 Å². The van der Waals surface area contributed by atoms with Crippen LogP contribution in [-0.4, -0.2) is 33.1 Å². The Bertz CT molecular complexity index is 513. The van der Waals surface area contributed by atoms with Crippen molar-refractivity contribution >= 4 is 9.84 Å². The normalized spacial score (nSPS) is 20.9. The van der Waals surface area contributed by atoms with Crippen molar-refractivity contribution in [3.8, 4) is 5.75 Å². The van der Waals surface area contributed by atoms with E-state index in [4.69, 9.17) is 4.74 Å². The summed E-state index contributed by atoms with van der Waals surface area (Å²) in [6.07, 6.45) is 2.13. The number of ether oxygens (including phenoxy) is 1. The summed E-state index contributed by atoms with van der Waals surface area (Å²) < 4.78 is 28.1. The molecule has 0 aliphatic carbocycles. The summed E-state index contributed by atoms with van der Waals surface area (Å²) in [5.74, 6) is 1.06. The molecule has 0 amide bonds. The number of hydrogen-bond acceptors (Lipinski definition) is 4. The van der Waals surface area contributed by atoms with E-state index in [1.807, 2.05) is 31.2 Å². The van der Waals surface area contributed by atoms with Gasteiger partial charge in [0.15, 0.2) is 0 Å². The molecule has 0 saturated heterocycles. The minimum Gasteiger partial charge on any atom is -0.493 e. The quantitative estimate of drug-likeness (QED) is 0.900. The zero-order valence-corrected chi connectivity index (χ0v) is 11.5. The van der Waals surface area contributed by atoms with E-state index in [0.29, 0.717) is 6.61 Å². The average Bonchev–Trinajstić information content (AvgIpc) is 2.27. The fourth-order valence-electron chi connectivity index (χ4n) is 2.36. The molecular formula is C13H19NO3S. The molecule has 1 aromatic rings. The second-order valence-electron chi connectivity index (χ2n) is 4.89. The van der Waals surface area contributed by atoms with Crippen LogP contribution in [0.5, 0.6) is 5.75 Å². The van der Waals surface area contributed by atoms with Crippen molar-refractivity contribution in [3.63, 3.8) is 0 Å². The standard InChI is InChI=1S/C13H19NO3S/c1-10(9-18(2,15)16)14-12-7-8-17-13-6-4-3-5-11(12)13/h3-6,10,12,14H,7-9H2,1-2H3. The van der Waals surface area contributed by atoms with Crippen molar-refractivity contribution in [2.24, 2.45) is 0 Å². The van der Waals surface area contributed by atoms with E-state index in [0.717, 1.165) is 17.7 Å². The molecule has 100 valence electrons. The number of benzene rings is 1. The van der Waals surface area contributed by atoms with Gasteiger partial charge in [0, 0.05) is 30.3 Å². The molecule has 1 heterocycles. The van der Waals surface area contributed by atoms with Gasteiger partial charge in [0.25, 0.3) is 0 Å². The van der Waals surface area contributed by atoms with Gasteiger partial charge in [-0.15, -0.1) is 0 Å². The second-order valence-corrected chi connectivity index (χ2v) is 7.07. The van der Waals surface area contributed by atoms with Gasteiger partial charge in [-0.25, -0.2) is 8.42 Å². The molecule has 1 N–H and O–H groups in total. The van der Waals surface area contributed by atoms with Crippen LogP contribution in [0.25, 0.3) is 0 Å². The van der Waals surface area contributed by atoms with Crippen LogP contribution in [0.3, 0.4) is 0 Å². The first-order valence-electron chi connectivity index (χ1n) is 6.11. The number of fused-ring (bicyclic) bond motifs is 1. The molecule has 0 bridgehead atoms. The molecule has 0 fully saturated rings. The summed E-state index contributed by atoms with van der Waals surface area (Å²) in [5, 5.41) is 3.37. The third-order valence-corrected chi connectivity index (χ3v) is 4.10. The zero-order valence-electron chi connectivity index (χ0n) is 10.7. The first-order valence-corrected chi connectivity index (χ1v) is 8.17. The van der Waals surface area contributed by atoms with E-state index in [1.54, 1.807) is 0 Å². The van der Waals surface area contributed by atoms with E-state index in [2.05, 4.69) is 5.32 Å². The highest BCUT2D eigenvalue weighted by Crippen LogP contribution is 2.31. The van der Waals surface area contributed by atoms with Gasteiger partial charge in [0.05, 0.1) is 12.4 Å². The Morgan fingerprint density at radius 1 is 1.44 bits per heavy atom. The number of nitrogens with one attached hydrogen (secondary N) is 1. The minimum atomic E-state index is -2.95. The van der Waals surface area contributed by atoms with Gasteiger partial charge in [-0.2, -0.15) is 0 Å². The summed E-state index contributed by atoms with van der Waals surface area (Å²) in [6.45, 7) is 2.57. The number of para-hydroxylation sites is 1. The van der Waals surface area contributed by atoms with Crippen LogP contribution in [0.2, 0.25) is 0 Å². The van der Waals surface area contributed by atoms with Crippen molar-refractivity contribution in [1.29, 1.82) is 0 Å². The average molecular weight is 269 g/mol. The molecule has 1 aliphatic heterocycles. The third-order valence-electron chi connectivity index (χ3n) is 3.00. The molecule has 0 radical (unpaired) electrons. The van der Waals surface area contributed by atoms with Gasteiger partial charge in [-0.05, 0) is 13.0 Å². The van der Waals surface area contributed by atoms with Crippen LogP contribution in [0.1, 0.15) is 24.9 Å². The summed E-state index contributed by atoms with van der Waals surface area (Å²) >= 11 is 0. The van der Waals surface area contributed by atoms with E-state index >= 15 is 0 Å². The van der Waals surface area contributed by atoms with Gasteiger partial charge in [0.2, 0.25) is 0 Å². The van der Waals surface area contributed by atoms with Crippen LogP contribution in [0, 0.1) is 0 Å². The molecule has 2 atom stereocenters. The lowest BCUT2D eigenvalue weighted by Crippen LogP contribution is -2.37. The molecule has 1 aromatic carbocycles. The van der Waals surface area contributed by atoms with Gasteiger partial charge in [0.1, 0.15) is 15.6 Å². The monoisotopic (exact) mass is 269 g/mol. The lowest BCUT2D eigenvalue weighted by molar-refractivity contribution is 0.247. The topological polar surface area (TPSA) is 55.4 Å². The Morgan fingerprint density at radius 3 is 2.89 bits per heavy atom. The SMILES string of the molecule is CC(CS(C)(=O)=O)NC1CCOc2ccccc21. The van der Waals surface area contributed by atoms with Crippen LogP contribution in [0.4, 0.5) is 0 Å². The Labute approximate surface area is 108 Å². The highest BCUT2D eigenvalue weighted by atomic mass is 32.2. The van der Waals surface area contributed by atoms with E-state index < -0.39 is 9.84 Å². The lowest BCUT2D eigenvalue weighted by Gasteiger charge is -2.29. The predicted octanol–water partition coefficient (Wildman–Crippen LogP) is 1.53. The van der Waals surface area contributed by atoms with Crippen molar-refractivity contribution in [3.05, 3.63) is 29.8 Å². The number of hydrogen-bond donors (Lipinski definition) is 1. The molecule has 18 heavy (non-hydrogen) atoms. The highest BCUT2D eigenvalue weighted by molar-refractivity contribution is 7.90. The van der Waals surface area contributed by atoms with Gasteiger partial charge in [-0.1, -0.05) is 18.2 Å². The zero-order chi connectivity index (χ0) is 13.2. The molecule has 1 aliphatic rings. The predicted molar refractivity (Wildman–Crippen MR) is 71.6 cm³/mol. The Kier molecular flexibility index (Phi) is 3.92. The van der Waals surface area contributed by atoms with Crippen LogP contribution < -0.4 is 10.1 Å². The number of rotatable bonds is 4. The van der Waals surface area contributed by atoms with Crippen LogP contribution in [-0.2, 0) is 9.84 Å². The molecule has 4 nitrogen and oxygen atoms in total. The van der Waals surface area contributed by atoms with Gasteiger partial charge >= 0.3 is 0 Å². The summed E-state index contributed by atoms with van der Waals surface area (Å²) in [5.41, 5.74) is 1.11. The number of sulfone groups is 1. The van der Waals surface area contributed by atoms with Gasteiger partial charge < -0.3 is 10.1 Å². The van der Waals surface area contributed by atoms with E-state index in [1.165, 1.54) is 6.26 Å². The largest absolute Gasteiger partial charge is 0.493 e. The molecule has 0 saturated carbocycles. The molecule has 2 unspecified atom stereocenters. The summed E-state index contributed by atoms with van der Waals surface area (Å²) in [6, 6.07) is 8.01. The van der Waals surface area contributed by atoms with E-state index in [-0.39, 0.29) is 17.8 Å². The summed E-state index contributed by atoms with van der Waals surface area (Å²) in [7, 11) is -2.95. The second kappa shape index (κ2) is 5.28. The van der Waals surface area contributed by atoms with Gasteiger partial charge in [-0.3, -0.25) is 0 Å². The fourth-order valence-corrected chi connectivity index (χ4v) is 3.37. The fraction of sp³-hybridized carbons (Fsp3) is 0.538.